The molecule has 0 saturated carbocycles. The number of likely N-dealkylation sites (tertiary alicyclic amines) is 1. The summed E-state index contributed by atoms with van der Waals surface area (Å²) in [7, 11) is 0. The van der Waals surface area contributed by atoms with Crippen LogP contribution in [0.4, 0.5) is 0 Å². The number of amides is 1. The van der Waals surface area contributed by atoms with E-state index in [1.165, 1.54) is 11.3 Å². The van der Waals surface area contributed by atoms with E-state index in [1.807, 2.05) is 17.0 Å². The van der Waals surface area contributed by atoms with Crippen LogP contribution in [-0.4, -0.2) is 72.0 Å². The highest BCUT2D eigenvalue weighted by atomic mass is 79.9. The predicted molar refractivity (Wildman–Crippen MR) is 90.0 cm³/mol. The zero-order valence-electron chi connectivity index (χ0n) is 12.6. The molecule has 3 heterocycles. The SMILES string of the molecule is CC(C)N1CCN(C2CN(C(=O)c3ccc(Br)s3)C2)CC1. The molecule has 1 aromatic rings. The second kappa shape index (κ2) is 6.36. The Bertz CT molecular complexity index is 505. The van der Waals surface area contributed by atoms with Gasteiger partial charge >= 0.3 is 0 Å². The second-order valence-electron chi connectivity index (χ2n) is 6.13. The van der Waals surface area contributed by atoms with Gasteiger partial charge in [-0.15, -0.1) is 11.3 Å². The molecule has 3 rings (SSSR count). The largest absolute Gasteiger partial charge is 0.335 e. The van der Waals surface area contributed by atoms with Crippen molar-refractivity contribution in [1.82, 2.24) is 14.7 Å². The highest BCUT2D eigenvalue weighted by Gasteiger charge is 2.36. The molecule has 0 radical (unpaired) electrons. The van der Waals surface area contributed by atoms with Crippen LogP contribution in [0.25, 0.3) is 0 Å². The zero-order valence-corrected chi connectivity index (χ0v) is 15.0. The van der Waals surface area contributed by atoms with Gasteiger partial charge in [0.1, 0.15) is 0 Å². The molecule has 2 aliphatic rings. The first-order chi connectivity index (χ1) is 10.0. The predicted octanol–water partition coefficient (Wildman–Crippen LogP) is 2.36. The van der Waals surface area contributed by atoms with Gasteiger partial charge in [0.2, 0.25) is 0 Å². The first-order valence-electron chi connectivity index (χ1n) is 7.57. The quantitative estimate of drug-likeness (QED) is 0.815. The van der Waals surface area contributed by atoms with E-state index >= 15 is 0 Å². The highest BCUT2D eigenvalue weighted by Crippen LogP contribution is 2.26. The van der Waals surface area contributed by atoms with Gasteiger partial charge in [0.25, 0.3) is 5.91 Å². The fraction of sp³-hybridized carbons (Fsp3) is 0.667. The molecule has 2 saturated heterocycles. The van der Waals surface area contributed by atoms with Crippen LogP contribution in [0.2, 0.25) is 0 Å². The molecule has 0 unspecified atom stereocenters. The molecule has 0 bridgehead atoms. The number of hydrogen-bond donors (Lipinski definition) is 0. The van der Waals surface area contributed by atoms with Crippen LogP contribution in [0.3, 0.4) is 0 Å². The van der Waals surface area contributed by atoms with Gasteiger partial charge in [-0.3, -0.25) is 14.6 Å². The van der Waals surface area contributed by atoms with Crippen molar-refractivity contribution in [3.05, 3.63) is 20.8 Å². The third-order valence-electron chi connectivity index (χ3n) is 4.53. The fourth-order valence-corrected chi connectivity index (χ4v) is 4.41. The summed E-state index contributed by atoms with van der Waals surface area (Å²) in [6, 6.07) is 5.06. The Morgan fingerprint density at radius 2 is 1.90 bits per heavy atom. The van der Waals surface area contributed by atoms with Crippen molar-refractivity contribution in [3.63, 3.8) is 0 Å². The van der Waals surface area contributed by atoms with E-state index in [4.69, 9.17) is 0 Å². The Kier molecular flexibility index (Phi) is 4.69. The first kappa shape index (κ1) is 15.5. The van der Waals surface area contributed by atoms with Crippen molar-refractivity contribution in [2.24, 2.45) is 0 Å². The van der Waals surface area contributed by atoms with Crippen molar-refractivity contribution in [2.75, 3.05) is 39.3 Å². The van der Waals surface area contributed by atoms with Crippen LogP contribution in [0.15, 0.2) is 15.9 Å². The average molecular weight is 372 g/mol. The van der Waals surface area contributed by atoms with E-state index in [0.717, 1.165) is 47.9 Å². The average Bonchev–Trinajstić information content (AvgIpc) is 2.84. The lowest BCUT2D eigenvalue weighted by molar-refractivity contribution is 0.00342. The maximum Gasteiger partial charge on any atom is 0.264 e. The number of nitrogens with zero attached hydrogens (tertiary/aromatic N) is 3. The van der Waals surface area contributed by atoms with Crippen molar-refractivity contribution in [3.8, 4) is 0 Å². The summed E-state index contributed by atoms with van der Waals surface area (Å²) < 4.78 is 1.02. The molecular weight excluding hydrogens is 350 g/mol. The molecule has 2 aliphatic heterocycles. The summed E-state index contributed by atoms with van der Waals surface area (Å²) in [5.74, 6) is 0.183. The van der Waals surface area contributed by atoms with Crippen LogP contribution in [0, 0.1) is 0 Å². The van der Waals surface area contributed by atoms with Gasteiger partial charge in [0.05, 0.1) is 8.66 Å². The van der Waals surface area contributed by atoms with Crippen LogP contribution in [-0.2, 0) is 0 Å². The molecule has 0 spiro atoms. The lowest BCUT2D eigenvalue weighted by Crippen LogP contribution is -2.64. The minimum absolute atomic E-state index is 0.183. The summed E-state index contributed by atoms with van der Waals surface area (Å²) in [6.07, 6.45) is 0. The maximum absolute atomic E-state index is 12.3. The third-order valence-corrected chi connectivity index (χ3v) is 6.14. The van der Waals surface area contributed by atoms with Crippen molar-refractivity contribution < 1.29 is 4.79 Å². The Hall–Kier alpha value is -0.430. The van der Waals surface area contributed by atoms with Crippen LogP contribution in [0.1, 0.15) is 23.5 Å². The van der Waals surface area contributed by atoms with Gasteiger partial charge in [-0.1, -0.05) is 0 Å². The Labute approximate surface area is 138 Å². The number of carbonyl (C=O) groups is 1. The molecule has 0 N–H and O–H groups in total. The highest BCUT2D eigenvalue weighted by molar-refractivity contribution is 9.11. The Balaban J connectivity index is 1.47. The van der Waals surface area contributed by atoms with E-state index in [-0.39, 0.29) is 5.91 Å². The lowest BCUT2D eigenvalue weighted by atomic mass is 10.1. The number of hydrogen-bond acceptors (Lipinski definition) is 4. The monoisotopic (exact) mass is 371 g/mol. The summed E-state index contributed by atoms with van der Waals surface area (Å²) >= 11 is 4.93. The van der Waals surface area contributed by atoms with E-state index in [2.05, 4.69) is 39.6 Å². The first-order valence-corrected chi connectivity index (χ1v) is 9.18. The molecule has 0 atom stereocenters. The number of thiophene rings is 1. The van der Waals surface area contributed by atoms with Gasteiger partial charge in [-0.2, -0.15) is 0 Å². The zero-order chi connectivity index (χ0) is 15.0. The summed E-state index contributed by atoms with van der Waals surface area (Å²) in [5.41, 5.74) is 0. The van der Waals surface area contributed by atoms with E-state index in [0.29, 0.717) is 12.1 Å². The third kappa shape index (κ3) is 3.33. The van der Waals surface area contributed by atoms with Crippen LogP contribution < -0.4 is 0 Å². The van der Waals surface area contributed by atoms with Crippen molar-refractivity contribution in [1.29, 1.82) is 0 Å². The van der Waals surface area contributed by atoms with E-state index < -0.39 is 0 Å². The molecular formula is C15H22BrN3OS. The number of rotatable bonds is 3. The number of halogens is 1. The van der Waals surface area contributed by atoms with Gasteiger partial charge in [-0.05, 0) is 41.9 Å². The van der Waals surface area contributed by atoms with Crippen LogP contribution in [0.5, 0.6) is 0 Å². The molecule has 0 aromatic carbocycles. The Morgan fingerprint density at radius 3 is 2.43 bits per heavy atom. The molecule has 6 heteroatoms. The molecule has 2 fully saturated rings. The second-order valence-corrected chi connectivity index (χ2v) is 8.60. The van der Waals surface area contributed by atoms with Gasteiger partial charge in [0, 0.05) is 51.4 Å². The number of piperazine rings is 1. The van der Waals surface area contributed by atoms with Crippen LogP contribution >= 0.6 is 27.3 Å². The van der Waals surface area contributed by atoms with Gasteiger partial charge < -0.3 is 4.90 Å². The van der Waals surface area contributed by atoms with Crippen molar-refractivity contribution in [2.45, 2.75) is 25.9 Å². The molecule has 4 nitrogen and oxygen atoms in total. The molecule has 21 heavy (non-hydrogen) atoms. The van der Waals surface area contributed by atoms with E-state index in [9.17, 15) is 4.79 Å². The minimum atomic E-state index is 0.183. The topological polar surface area (TPSA) is 26.8 Å². The van der Waals surface area contributed by atoms with Crippen molar-refractivity contribution >= 4 is 33.2 Å². The normalized spacial score (nSPS) is 21.8. The lowest BCUT2D eigenvalue weighted by Gasteiger charge is -2.48. The van der Waals surface area contributed by atoms with Gasteiger partial charge in [-0.25, -0.2) is 0 Å². The summed E-state index contributed by atoms with van der Waals surface area (Å²) in [4.78, 5) is 20.2. The summed E-state index contributed by atoms with van der Waals surface area (Å²) in [6.45, 7) is 10.9. The smallest absolute Gasteiger partial charge is 0.264 e. The summed E-state index contributed by atoms with van der Waals surface area (Å²) in [5, 5.41) is 0. The molecule has 1 aromatic heterocycles. The maximum atomic E-state index is 12.3. The van der Waals surface area contributed by atoms with E-state index in [1.54, 1.807) is 0 Å². The molecule has 1 amide bonds. The standard InChI is InChI=1S/C15H22BrN3OS/c1-11(2)17-5-7-18(8-6-17)12-9-19(10-12)15(20)13-3-4-14(16)21-13/h3-4,11-12H,5-10H2,1-2H3. The Morgan fingerprint density at radius 1 is 1.24 bits per heavy atom. The van der Waals surface area contributed by atoms with Gasteiger partial charge in [0.15, 0.2) is 0 Å². The molecule has 116 valence electrons. The fourth-order valence-electron chi connectivity index (χ4n) is 3.06. The number of carbonyl (C=O) groups excluding carboxylic acids is 1. The molecule has 0 aliphatic carbocycles. The minimum Gasteiger partial charge on any atom is -0.335 e.